The highest BCUT2D eigenvalue weighted by Crippen LogP contribution is 2.15. The van der Waals surface area contributed by atoms with Crippen molar-refractivity contribution in [2.24, 2.45) is 0 Å². The predicted octanol–water partition coefficient (Wildman–Crippen LogP) is 1.38. The van der Waals surface area contributed by atoms with Crippen LogP contribution in [0.3, 0.4) is 0 Å². The zero-order valence-electron chi connectivity index (χ0n) is 10.8. The Bertz CT molecular complexity index is 470. The Hall–Kier alpha value is -2.30. The van der Waals surface area contributed by atoms with Gasteiger partial charge in [-0.15, -0.1) is 0 Å². The van der Waals surface area contributed by atoms with E-state index in [1.807, 2.05) is 0 Å². The van der Waals surface area contributed by atoms with Crippen LogP contribution in [0.4, 0.5) is 0 Å². The van der Waals surface area contributed by atoms with Gasteiger partial charge < -0.3 is 15.2 Å². The molecule has 2 N–H and O–H groups in total. The van der Waals surface area contributed by atoms with Crippen molar-refractivity contribution in [2.75, 3.05) is 6.61 Å². The molecule has 0 spiro atoms. The molecule has 1 aromatic rings. The molecule has 0 radical (unpaired) electrons. The molecule has 19 heavy (non-hydrogen) atoms. The summed E-state index contributed by atoms with van der Waals surface area (Å²) in [5.41, 5.74) is 0.780. The van der Waals surface area contributed by atoms with Crippen molar-refractivity contribution in [2.45, 2.75) is 19.4 Å². The molecule has 0 aromatic heterocycles. The number of hydrogen-bond acceptors (Lipinski definition) is 3. The van der Waals surface area contributed by atoms with E-state index in [1.54, 1.807) is 30.3 Å². The fourth-order valence-electron chi connectivity index (χ4n) is 1.60. The van der Waals surface area contributed by atoms with Gasteiger partial charge in [0.1, 0.15) is 18.4 Å². The number of ether oxygens (including phenoxy) is 1. The standard InChI is InChI=1S/C14H17NO4/c1-3-7-19-12-6-4-5-11(8-12)9-13(14(17)18)15-10(2)16/h3-6,8,13H,1,7,9H2,2H3,(H,15,16)(H,17,18)/t13-/m0/s1. The van der Waals surface area contributed by atoms with Crippen LogP contribution in [0.5, 0.6) is 5.75 Å². The van der Waals surface area contributed by atoms with Crippen molar-refractivity contribution >= 4 is 11.9 Å². The summed E-state index contributed by atoms with van der Waals surface area (Å²) >= 11 is 0. The van der Waals surface area contributed by atoms with Gasteiger partial charge in [-0.2, -0.15) is 0 Å². The molecule has 0 aliphatic heterocycles. The summed E-state index contributed by atoms with van der Waals surface area (Å²) < 4.78 is 5.37. The van der Waals surface area contributed by atoms with Crippen molar-refractivity contribution < 1.29 is 19.4 Å². The van der Waals surface area contributed by atoms with Crippen LogP contribution in [0, 0.1) is 0 Å². The fourth-order valence-corrected chi connectivity index (χ4v) is 1.60. The van der Waals surface area contributed by atoms with E-state index in [4.69, 9.17) is 9.84 Å². The molecule has 1 rings (SSSR count). The van der Waals surface area contributed by atoms with Gasteiger partial charge in [-0.3, -0.25) is 4.79 Å². The van der Waals surface area contributed by atoms with Gasteiger partial charge in [-0.25, -0.2) is 4.79 Å². The maximum Gasteiger partial charge on any atom is 0.326 e. The number of aliphatic carboxylic acids is 1. The van der Waals surface area contributed by atoms with Crippen molar-refractivity contribution in [1.29, 1.82) is 0 Å². The maximum atomic E-state index is 11.0. The molecule has 5 nitrogen and oxygen atoms in total. The van der Waals surface area contributed by atoms with E-state index in [1.165, 1.54) is 6.92 Å². The first-order chi connectivity index (χ1) is 9.02. The van der Waals surface area contributed by atoms with Crippen LogP contribution < -0.4 is 10.1 Å². The minimum absolute atomic E-state index is 0.209. The Morgan fingerprint density at radius 2 is 2.26 bits per heavy atom. The van der Waals surface area contributed by atoms with Crippen LogP contribution >= 0.6 is 0 Å². The fraction of sp³-hybridized carbons (Fsp3) is 0.286. The summed E-state index contributed by atoms with van der Waals surface area (Å²) in [6.45, 7) is 5.23. The molecule has 1 amide bonds. The molecule has 102 valence electrons. The summed E-state index contributed by atoms with van der Waals surface area (Å²) in [6.07, 6.45) is 1.84. The van der Waals surface area contributed by atoms with E-state index in [0.717, 1.165) is 5.56 Å². The zero-order chi connectivity index (χ0) is 14.3. The average molecular weight is 263 g/mol. The highest BCUT2D eigenvalue weighted by atomic mass is 16.5. The molecule has 0 unspecified atom stereocenters. The lowest BCUT2D eigenvalue weighted by atomic mass is 10.1. The van der Waals surface area contributed by atoms with Gasteiger partial charge in [-0.1, -0.05) is 24.8 Å². The number of benzene rings is 1. The van der Waals surface area contributed by atoms with Crippen molar-refractivity contribution in [3.8, 4) is 5.75 Å². The van der Waals surface area contributed by atoms with E-state index >= 15 is 0 Å². The van der Waals surface area contributed by atoms with Crippen molar-refractivity contribution in [1.82, 2.24) is 5.32 Å². The van der Waals surface area contributed by atoms with Crippen LogP contribution in [0.2, 0.25) is 0 Å². The zero-order valence-corrected chi connectivity index (χ0v) is 10.8. The molecule has 0 fully saturated rings. The van der Waals surface area contributed by atoms with Gasteiger partial charge in [0, 0.05) is 13.3 Å². The third kappa shape index (κ3) is 5.25. The normalized spacial score (nSPS) is 11.4. The molecule has 5 heteroatoms. The van der Waals surface area contributed by atoms with Crippen LogP contribution in [-0.2, 0) is 16.0 Å². The van der Waals surface area contributed by atoms with Gasteiger partial charge in [0.25, 0.3) is 0 Å². The molecule has 0 aliphatic rings. The van der Waals surface area contributed by atoms with E-state index in [2.05, 4.69) is 11.9 Å². The number of carbonyl (C=O) groups excluding carboxylic acids is 1. The van der Waals surface area contributed by atoms with Crippen LogP contribution in [0.15, 0.2) is 36.9 Å². The minimum Gasteiger partial charge on any atom is -0.490 e. The molecular weight excluding hydrogens is 246 g/mol. The largest absolute Gasteiger partial charge is 0.490 e. The molecule has 0 bridgehead atoms. The van der Waals surface area contributed by atoms with Crippen LogP contribution in [-0.4, -0.2) is 29.6 Å². The van der Waals surface area contributed by atoms with Crippen molar-refractivity contribution in [3.63, 3.8) is 0 Å². The molecule has 1 aromatic carbocycles. The first-order valence-corrected chi connectivity index (χ1v) is 5.85. The SMILES string of the molecule is C=CCOc1cccc(C[C@H](NC(C)=O)C(=O)O)c1. The topological polar surface area (TPSA) is 75.6 Å². The molecule has 0 heterocycles. The molecule has 1 atom stereocenters. The quantitative estimate of drug-likeness (QED) is 0.729. The van der Waals surface area contributed by atoms with Crippen LogP contribution in [0.1, 0.15) is 12.5 Å². The molecule has 0 saturated carbocycles. The second-order valence-electron chi connectivity index (χ2n) is 4.04. The number of carboxylic acid groups (broad SMARTS) is 1. The van der Waals surface area contributed by atoms with Gasteiger partial charge in [0.05, 0.1) is 0 Å². The number of carbonyl (C=O) groups is 2. The summed E-state index contributed by atoms with van der Waals surface area (Å²) in [6, 6.07) is 6.16. The maximum absolute atomic E-state index is 11.0. The number of rotatable bonds is 7. The van der Waals surface area contributed by atoms with E-state index in [0.29, 0.717) is 12.4 Å². The number of carboxylic acids is 1. The molecule has 0 saturated heterocycles. The van der Waals surface area contributed by atoms with E-state index in [9.17, 15) is 9.59 Å². The Morgan fingerprint density at radius 3 is 2.84 bits per heavy atom. The Morgan fingerprint density at radius 1 is 1.53 bits per heavy atom. The number of amides is 1. The minimum atomic E-state index is -1.06. The summed E-state index contributed by atoms with van der Waals surface area (Å²) in [5, 5.41) is 11.4. The molecule has 0 aliphatic carbocycles. The Kier molecular flexibility index (Phi) is 5.60. The monoisotopic (exact) mass is 263 g/mol. The average Bonchev–Trinajstić information content (AvgIpc) is 2.35. The second kappa shape index (κ2) is 7.20. The van der Waals surface area contributed by atoms with Crippen molar-refractivity contribution in [3.05, 3.63) is 42.5 Å². The van der Waals surface area contributed by atoms with Crippen LogP contribution in [0.25, 0.3) is 0 Å². The second-order valence-corrected chi connectivity index (χ2v) is 4.04. The van der Waals surface area contributed by atoms with E-state index in [-0.39, 0.29) is 12.3 Å². The van der Waals surface area contributed by atoms with Gasteiger partial charge in [0.2, 0.25) is 5.91 Å². The first kappa shape index (κ1) is 14.8. The number of nitrogens with one attached hydrogen (secondary N) is 1. The smallest absolute Gasteiger partial charge is 0.326 e. The lowest BCUT2D eigenvalue weighted by molar-refractivity contribution is -0.141. The lowest BCUT2D eigenvalue weighted by Gasteiger charge is -2.13. The van der Waals surface area contributed by atoms with Gasteiger partial charge >= 0.3 is 5.97 Å². The van der Waals surface area contributed by atoms with Gasteiger partial charge in [0.15, 0.2) is 0 Å². The predicted molar refractivity (Wildman–Crippen MR) is 71.1 cm³/mol. The third-order valence-electron chi connectivity index (χ3n) is 2.38. The summed E-state index contributed by atoms with van der Waals surface area (Å²) in [7, 11) is 0. The summed E-state index contributed by atoms with van der Waals surface area (Å²) in [4.78, 5) is 22.0. The Labute approximate surface area is 111 Å². The van der Waals surface area contributed by atoms with E-state index < -0.39 is 12.0 Å². The molecular formula is C14H17NO4. The lowest BCUT2D eigenvalue weighted by Crippen LogP contribution is -2.41. The summed E-state index contributed by atoms with van der Waals surface area (Å²) in [5.74, 6) is -0.788. The van der Waals surface area contributed by atoms with Gasteiger partial charge in [-0.05, 0) is 17.7 Å². The Balaban J connectivity index is 2.75. The number of hydrogen-bond donors (Lipinski definition) is 2. The highest BCUT2D eigenvalue weighted by molar-refractivity contribution is 5.82. The first-order valence-electron chi connectivity index (χ1n) is 5.85. The highest BCUT2D eigenvalue weighted by Gasteiger charge is 2.18. The third-order valence-corrected chi connectivity index (χ3v) is 2.38.